The van der Waals surface area contributed by atoms with E-state index < -0.39 is 0 Å². The predicted molar refractivity (Wildman–Crippen MR) is 66.4 cm³/mol. The molecule has 0 atom stereocenters. The van der Waals surface area contributed by atoms with Crippen LogP contribution in [0.3, 0.4) is 0 Å². The first kappa shape index (κ1) is 11.8. The smallest absolute Gasteiger partial charge is 0.274 e. The summed E-state index contributed by atoms with van der Waals surface area (Å²) < 4.78 is 0. The lowest BCUT2D eigenvalue weighted by atomic mass is 10.3. The van der Waals surface area contributed by atoms with E-state index in [0.717, 1.165) is 0 Å². The summed E-state index contributed by atoms with van der Waals surface area (Å²) >= 11 is 11.7. The van der Waals surface area contributed by atoms with Crippen molar-refractivity contribution in [2.24, 2.45) is 0 Å². The minimum atomic E-state index is -0.364. The van der Waals surface area contributed by atoms with Gasteiger partial charge in [-0.3, -0.25) is 14.8 Å². The molecular weight excluding hydrogens is 261 g/mol. The maximum Gasteiger partial charge on any atom is 0.274 e. The number of anilines is 1. The van der Waals surface area contributed by atoms with E-state index in [9.17, 15) is 4.79 Å². The molecule has 1 N–H and O–H groups in total. The highest BCUT2D eigenvalue weighted by atomic mass is 35.5. The standard InChI is InChI=1S/C11H7Cl2N3O/c12-7-5-14-6-9(10(7)13)16-11(17)8-3-1-2-4-15-8/h1-6H,(H,16,17). The number of hydrogen-bond donors (Lipinski definition) is 1. The van der Waals surface area contributed by atoms with Crippen molar-refractivity contribution in [1.82, 2.24) is 9.97 Å². The van der Waals surface area contributed by atoms with Gasteiger partial charge in [0.2, 0.25) is 0 Å². The molecule has 0 aliphatic rings. The summed E-state index contributed by atoms with van der Waals surface area (Å²) in [7, 11) is 0. The van der Waals surface area contributed by atoms with Crippen LogP contribution in [0.15, 0.2) is 36.8 Å². The number of halogens is 2. The zero-order chi connectivity index (χ0) is 12.3. The van der Waals surface area contributed by atoms with Crippen LogP contribution in [0.2, 0.25) is 10.0 Å². The summed E-state index contributed by atoms with van der Waals surface area (Å²) in [5.41, 5.74) is 0.651. The molecule has 17 heavy (non-hydrogen) atoms. The van der Waals surface area contributed by atoms with Crippen LogP contribution in [0.1, 0.15) is 10.5 Å². The molecule has 0 aliphatic heterocycles. The van der Waals surface area contributed by atoms with E-state index in [1.807, 2.05) is 0 Å². The van der Waals surface area contributed by atoms with E-state index in [-0.39, 0.29) is 16.0 Å². The summed E-state index contributed by atoms with van der Waals surface area (Å²) in [5.74, 6) is -0.364. The van der Waals surface area contributed by atoms with Gasteiger partial charge in [0.05, 0.1) is 21.9 Å². The Morgan fingerprint density at radius 1 is 1.24 bits per heavy atom. The Labute approximate surface area is 108 Å². The topological polar surface area (TPSA) is 54.9 Å². The summed E-state index contributed by atoms with van der Waals surface area (Å²) in [6, 6.07) is 5.05. The number of aromatic nitrogens is 2. The molecule has 0 aromatic carbocycles. The van der Waals surface area contributed by atoms with Gasteiger partial charge in [-0.25, -0.2) is 0 Å². The van der Waals surface area contributed by atoms with Gasteiger partial charge in [0, 0.05) is 12.4 Å². The van der Waals surface area contributed by atoms with Gasteiger partial charge >= 0.3 is 0 Å². The SMILES string of the molecule is O=C(Nc1cncc(Cl)c1Cl)c1ccccn1. The summed E-state index contributed by atoms with van der Waals surface area (Å²) in [6.45, 7) is 0. The van der Waals surface area contributed by atoms with Gasteiger partial charge in [-0.15, -0.1) is 0 Å². The second kappa shape index (κ2) is 5.12. The molecule has 1 amide bonds. The first-order chi connectivity index (χ1) is 8.18. The van der Waals surface area contributed by atoms with Gasteiger partial charge in [0.25, 0.3) is 5.91 Å². The van der Waals surface area contributed by atoms with Gasteiger partial charge in [-0.1, -0.05) is 29.3 Å². The molecule has 6 heteroatoms. The van der Waals surface area contributed by atoms with Crippen LogP contribution in [0.25, 0.3) is 0 Å². The molecule has 0 aliphatic carbocycles. The number of carbonyl (C=O) groups is 1. The third-order valence-electron chi connectivity index (χ3n) is 1.98. The first-order valence-corrected chi connectivity index (χ1v) is 5.45. The molecule has 2 rings (SSSR count). The molecule has 4 nitrogen and oxygen atoms in total. The van der Waals surface area contributed by atoms with Crippen LogP contribution in [0.5, 0.6) is 0 Å². The molecule has 0 saturated carbocycles. The van der Waals surface area contributed by atoms with Gasteiger partial charge in [-0.2, -0.15) is 0 Å². The molecule has 0 radical (unpaired) electrons. The van der Waals surface area contributed by atoms with Crippen molar-refractivity contribution in [3.63, 3.8) is 0 Å². The molecule has 2 aromatic rings. The van der Waals surface area contributed by atoms with E-state index >= 15 is 0 Å². The number of nitrogens with zero attached hydrogens (tertiary/aromatic N) is 2. The lowest BCUT2D eigenvalue weighted by molar-refractivity contribution is 0.102. The number of carbonyl (C=O) groups excluding carboxylic acids is 1. The number of pyridine rings is 2. The van der Waals surface area contributed by atoms with Crippen LogP contribution in [-0.2, 0) is 0 Å². The molecule has 0 bridgehead atoms. The van der Waals surface area contributed by atoms with Crippen molar-refractivity contribution in [3.05, 3.63) is 52.5 Å². The van der Waals surface area contributed by atoms with Crippen molar-refractivity contribution in [2.45, 2.75) is 0 Å². The van der Waals surface area contributed by atoms with E-state index in [1.54, 1.807) is 18.2 Å². The van der Waals surface area contributed by atoms with Crippen LogP contribution in [-0.4, -0.2) is 15.9 Å². The zero-order valence-corrected chi connectivity index (χ0v) is 10.0. The Morgan fingerprint density at radius 2 is 2.06 bits per heavy atom. The largest absolute Gasteiger partial charge is 0.318 e. The average Bonchev–Trinajstić information content (AvgIpc) is 2.36. The van der Waals surface area contributed by atoms with E-state index in [1.165, 1.54) is 18.6 Å². The fraction of sp³-hybridized carbons (Fsp3) is 0. The summed E-state index contributed by atoms with van der Waals surface area (Å²) in [6.07, 6.45) is 4.36. The van der Waals surface area contributed by atoms with Gasteiger partial charge in [-0.05, 0) is 12.1 Å². The van der Waals surface area contributed by atoms with E-state index in [4.69, 9.17) is 23.2 Å². The summed E-state index contributed by atoms with van der Waals surface area (Å²) in [5, 5.41) is 3.13. The molecule has 86 valence electrons. The maximum absolute atomic E-state index is 11.8. The normalized spacial score (nSPS) is 10.0. The Morgan fingerprint density at radius 3 is 2.76 bits per heavy atom. The third-order valence-corrected chi connectivity index (χ3v) is 2.77. The molecule has 0 fully saturated rings. The van der Waals surface area contributed by atoms with Gasteiger partial charge in [0.15, 0.2) is 0 Å². The molecule has 0 saturated heterocycles. The fourth-order valence-electron chi connectivity index (χ4n) is 1.19. The van der Waals surface area contributed by atoms with Crippen molar-refractivity contribution in [3.8, 4) is 0 Å². The minimum absolute atomic E-state index is 0.256. The first-order valence-electron chi connectivity index (χ1n) is 4.70. The number of rotatable bonds is 2. The Bertz CT molecular complexity index is 546. The number of hydrogen-bond acceptors (Lipinski definition) is 3. The maximum atomic E-state index is 11.8. The Hall–Kier alpha value is -1.65. The van der Waals surface area contributed by atoms with Crippen molar-refractivity contribution >= 4 is 34.8 Å². The highest BCUT2D eigenvalue weighted by Gasteiger charge is 2.11. The van der Waals surface area contributed by atoms with Gasteiger partial charge < -0.3 is 5.32 Å². The van der Waals surface area contributed by atoms with Crippen LogP contribution >= 0.6 is 23.2 Å². The highest BCUT2D eigenvalue weighted by molar-refractivity contribution is 6.43. The monoisotopic (exact) mass is 267 g/mol. The molecule has 0 spiro atoms. The van der Waals surface area contributed by atoms with Crippen LogP contribution in [0.4, 0.5) is 5.69 Å². The number of amides is 1. The molecule has 0 unspecified atom stereocenters. The van der Waals surface area contributed by atoms with Crippen molar-refractivity contribution < 1.29 is 4.79 Å². The quantitative estimate of drug-likeness (QED) is 0.910. The fourth-order valence-corrected chi connectivity index (χ4v) is 1.49. The molecule has 2 aromatic heterocycles. The third kappa shape index (κ3) is 2.72. The van der Waals surface area contributed by atoms with Crippen molar-refractivity contribution in [1.29, 1.82) is 0 Å². The van der Waals surface area contributed by atoms with Gasteiger partial charge in [0.1, 0.15) is 5.69 Å². The highest BCUT2D eigenvalue weighted by Crippen LogP contribution is 2.28. The average molecular weight is 268 g/mol. The van der Waals surface area contributed by atoms with Crippen LogP contribution < -0.4 is 5.32 Å². The lowest BCUT2D eigenvalue weighted by Crippen LogP contribution is -2.13. The minimum Gasteiger partial charge on any atom is -0.318 e. The number of nitrogens with one attached hydrogen (secondary N) is 1. The van der Waals surface area contributed by atoms with Crippen molar-refractivity contribution in [2.75, 3.05) is 5.32 Å². The zero-order valence-electron chi connectivity index (χ0n) is 8.52. The van der Waals surface area contributed by atoms with E-state index in [2.05, 4.69) is 15.3 Å². The molecule has 2 heterocycles. The van der Waals surface area contributed by atoms with E-state index in [0.29, 0.717) is 11.4 Å². The predicted octanol–water partition coefficient (Wildman–Crippen LogP) is 3.04. The second-order valence-electron chi connectivity index (χ2n) is 3.15. The Balaban J connectivity index is 2.22. The Kier molecular flexibility index (Phi) is 3.56. The summed E-state index contributed by atoms with van der Waals surface area (Å²) in [4.78, 5) is 19.5. The second-order valence-corrected chi connectivity index (χ2v) is 3.94. The van der Waals surface area contributed by atoms with Crippen LogP contribution in [0, 0.1) is 0 Å². The molecular formula is C11H7Cl2N3O. The lowest BCUT2D eigenvalue weighted by Gasteiger charge is -2.06.